The number of rotatable bonds is 6. The summed E-state index contributed by atoms with van der Waals surface area (Å²) in [5.41, 5.74) is 0.324. The van der Waals surface area contributed by atoms with Gasteiger partial charge in [0.25, 0.3) is 0 Å². The third kappa shape index (κ3) is 5.98. The zero-order valence-corrected chi connectivity index (χ0v) is 18.5. The normalized spacial score (nSPS) is 20.5. The second-order valence-corrected chi connectivity index (χ2v) is 8.88. The number of carbonyl (C=O) groups excluding carboxylic acids is 1. The van der Waals surface area contributed by atoms with Gasteiger partial charge < -0.3 is 24.8 Å². The molecule has 1 saturated heterocycles. The number of piperidine rings is 1. The molecule has 9 heteroatoms. The van der Waals surface area contributed by atoms with Crippen molar-refractivity contribution in [3.8, 4) is 0 Å². The molecule has 7 nitrogen and oxygen atoms in total. The molecule has 3 atom stereocenters. The number of benzene rings is 1. The predicted molar refractivity (Wildman–Crippen MR) is 111 cm³/mol. The van der Waals surface area contributed by atoms with E-state index in [0.717, 1.165) is 6.42 Å². The summed E-state index contributed by atoms with van der Waals surface area (Å²) in [5.74, 6) is -0.704. The van der Waals surface area contributed by atoms with Crippen molar-refractivity contribution in [2.24, 2.45) is 11.3 Å². The number of likely N-dealkylation sites (tertiary alicyclic amines) is 1. The van der Waals surface area contributed by atoms with Crippen LogP contribution in [0.2, 0.25) is 5.02 Å². The Hall–Kier alpha value is -2.06. The molecular weight excluding hydrogens is 415 g/mol. The number of methoxy groups -OCH3 is 1. The molecule has 1 aliphatic heterocycles. The summed E-state index contributed by atoms with van der Waals surface area (Å²) in [6, 6.07) is 4.10. The molecule has 1 aliphatic rings. The number of amides is 2. The molecule has 1 aromatic carbocycles. The minimum atomic E-state index is -0.970. The maximum Gasteiger partial charge on any atom is 0.407 e. The van der Waals surface area contributed by atoms with Crippen LogP contribution in [-0.4, -0.2) is 55.0 Å². The first-order chi connectivity index (χ1) is 14.1. The molecule has 0 spiro atoms. The summed E-state index contributed by atoms with van der Waals surface area (Å²) in [7, 11) is 1.27. The minimum absolute atomic E-state index is 0.0213. The number of hydrogen-bond acceptors (Lipinski definition) is 4. The van der Waals surface area contributed by atoms with E-state index in [4.69, 9.17) is 16.3 Å². The van der Waals surface area contributed by atoms with Gasteiger partial charge >= 0.3 is 12.2 Å². The number of carbonyl (C=O) groups is 2. The SMILES string of the molecule is COC(=O)NCCO[C@@H](c1ccc(F)c(Cl)c1)C1CCCN(C(=O)O)[C@H]1C(C)(C)C. The highest BCUT2D eigenvalue weighted by Gasteiger charge is 2.45. The van der Waals surface area contributed by atoms with Crippen molar-refractivity contribution >= 4 is 23.8 Å². The molecule has 1 aromatic rings. The quantitative estimate of drug-likeness (QED) is 0.621. The molecule has 0 saturated carbocycles. The molecule has 1 fully saturated rings. The van der Waals surface area contributed by atoms with Gasteiger partial charge in [-0.05, 0) is 36.0 Å². The van der Waals surface area contributed by atoms with Crippen molar-refractivity contribution in [2.75, 3.05) is 26.8 Å². The Labute approximate surface area is 181 Å². The fourth-order valence-electron chi connectivity index (χ4n) is 4.23. The number of ether oxygens (including phenoxy) is 2. The van der Waals surface area contributed by atoms with Crippen LogP contribution >= 0.6 is 11.6 Å². The fraction of sp³-hybridized carbons (Fsp3) is 0.619. The van der Waals surface area contributed by atoms with E-state index in [-0.39, 0.29) is 35.5 Å². The Kier molecular flexibility index (Phi) is 8.32. The van der Waals surface area contributed by atoms with Crippen LogP contribution in [0, 0.1) is 17.2 Å². The van der Waals surface area contributed by atoms with Gasteiger partial charge in [0.15, 0.2) is 0 Å². The lowest BCUT2D eigenvalue weighted by molar-refractivity contribution is -0.0644. The molecular formula is C21H30ClFN2O5. The van der Waals surface area contributed by atoms with Gasteiger partial charge in [0.2, 0.25) is 0 Å². The van der Waals surface area contributed by atoms with Crippen LogP contribution in [0.15, 0.2) is 18.2 Å². The zero-order chi connectivity index (χ0) is 22.5. The first-order valence-electron chi connectivity index (χ1n) is 9.94. The Morgan fingerprint density at radius 1 is 1.40 bits per heavy atom. The van der Waals surface area contributed by atoms with E-state index in [9.17, 15) is 19.1 Å². The van der Waals surface area contributed by atoms with Crippen molar-refractivity contribution in [3.05, 3.63) is 34.6 Å². The molecule has 1 unspecified atom stereocenters. The van der Waals surface area contributed by atoms with Crippen molar-refractivity contribution in [2.45, 2.75) is 45.8 Å². The summed E-state index contributed by atoms with van der Waals surface area (Å²) in [6.45, 7) is 6.84. The highest BCUT2D eigenvalue weighted by molar-refractivity contribution is 6.30. The Bertz CT molecular complexity index is 755. The molecule has 30 heavy (non-hydrogen) atoms. The molecule has 0 aliphatic carbocycles. The number of nitrogens with zero attached hydrogens (tertiary/aromatic N) is 1. The van der Waals surface area contributed by atoms with E-state index in [1.165, 1.54) is 24.1 Å². The average Bonchev–Trinajstić information content (AvgIpc) is 2.68. The highest BCUT2D eigenvalue weighted by atomic mass is 35.5. The number of carboxylic acid groups (broad SMARTS) is 1. The summed E-state index contributed by atoms with van der Waals surface area (Å²) < 4.78 is 24.4. The van der Waals surface area contributed by atoms with Crippen LogP contribution < -0.4 is 5.32 Å². The fourth-order valence-corrected chi connectivity index (χ4v) is 4.42. The third-order valence-electron chi connectivity index (χ3n) is 5.33. The van der Waals surface area contributed by atoms with Gasteiger partial charge in [-0.25, -0.2) is 14.0 Å². The van der Waals surface area contributed by atoms with Crippen LogP contribution in [0.4, 0.5) is 14.0 Å². The highest BCUT2D eigenvalue weighted by Crippen LogP contribution is 2.44. The van der Waals surface area contributed by atoms with E-state index < -0.39 is 24.1 Å². The molecule has 2 rings (SSSR count). The van der Waals surface area contributed by atoms with Crippen LogP contribution in [0.1, 0.15) is 45.3 Å². The van der Waals surface area contributed by atoms with Crippen LogP contribution in [0.25, 0.3) is 0 Å². The molecule has 0 bridgehead atoms. The summed E-state index contributed by atoms with van der Waals surface area (Å²) in [4.78, 5) is 24.7. The van der Waals surface area contributed by atoms with Gasteiger partial charge in [0, 0.05) is 25.0 Å². The predicted octanol–water partition coefficient (Wildman–Crippen LogP) is 4.70. The Morgan fingerprint density at radius 3 is 2.67 bits per heavy atom. The largest absolute Gasteiger partial charge is 0.465 e. The van der Waals surface area contributed by atoms with Gasteiger partial charge in [-0.1, -0.05) is 38.4 Å². The number of nitrogens with one attached hydrogen (secondary N) is 1. The van der Waals surface area contributed by atoms with E-state index in [0.29, 0.717) is 18.5 Å². The van der Waals surface area contributed by atoms with Crippen LogP contribution in [0.3, 0.4) is 0 Å². The Morgan fingerprint density at radius 2 is 2.10 bits per heavy atom. The molecule has 168 valence electrons. The average molecular weight is 445 g/mol. The molecule has 2 amide bonds. The zero-order valence-electron chi connectivity index (χ0n) is 17.8. The smallest absolute Gasteiger partial charge is 0.407 e. The van der Waals surface area contributed by atoms with E-state index in [1.807, 2.05) is 20.8 Å². The van der Waals surface area contributed by atoms with Crippen LogP contribution in [-0.2, 0) is 9.47 Å². The maximum atomic E-state index is 13.8. The number of hydrogen-bond donors (Lipinski definition) is 2. The second-order valence-electron chi connectivity index (χ2n) is 8.48. The van der Waals surface area contributed by atoms with Crippen molar-refractivity contribution < 1.29 is 28.6 Å². The molecule has 0 radical (unpaired) electrons. The number of alkyl carbamates (subject to hydrolysis) is 1. The van der Waals surface area contributed by atoms with Gasteiger partial charge in [-0.2, -0.15) is 0 Å². The van der Waals surface area contributed by atoms with Gasteiger partial charge in [-0.15, -0.1) is 0 Å². The lowest BCUT2D eigenvalue weighted by Crippen LogP contribution is -2.55. The lowest BCUT2D eigenvalue weighted by Gasteiger charge is -2.49. The van der Waals surface area contributed by atoms with Gasteiger partial charge in [0.05, 0.1) is 24.8 Å². The molecule has 2 N–H and O–H groups in total. The first-order valence-corrected chi connectivity index (χ1v) is 10.3. The van der Waals surface area contributed by atoms with Crippen molar-refractivity contribution in [1.29, 1.82) is 0 Å². The third-order valence-corrected chi connectivity index (χ3v) is 5.62. The number of halogens is 2. The standard InChI is InChI=1S/C21H30ClFN2O5/c1-21(2,3)18-14(6-5-10-25(18)20(27)28)17(30-11-9-24-19(26)29-4)13-7-8-16(23)15(22)12-13/h7-8,12,14,17-18H,5-6,9-11H2,1-4H3,(H,24,26)(H,27,28)/t14?,17-,18+/m0/s1. The van der Waals surface area contributed by atoms with E-state index in [1.54, 1.807) is 6.07 Å². The maximum absolute atomic E-state index is 13.8. The van der Waals surface area contributed by atoms with E-state index in [2.05, 4.69) is 10.1 Å². The Balaban J connectivity index is 2.35. The van der Waals surface area contributed by atoms with E-state index >= 15 is 0 Å². The van der Waals surface area contributed by atoms with Crippen molar-refractivity contribution in [3.63, 3.8) is 0 Å². The summed E-state index contributed by atoms with van der Waals surface area (Å²) in [6.07, 6.45) is -0.617. The van der Waals surface area contributed by atoms with Crippen molar-refractivity contribution in [1.82, 2.24) is 10.2 Å². The lowest BCUT2D eigenvalue weighted by atomic mass is 9.71. The van der Waals surface area contributed by atoms with Gasteiger partial charge in [-0.3, -0.25) is 0 Å². The molecule has 0 aromatic heterocycles. The first kappa shape index (κ1) is 24.2. The summed E-state index contributed by atoms with van der Waals surface area (Å²) >= 11 is 6.02. The van der Waals surface area contributed by atoms with Gasteiger partial charge in [0.1, 0.15) is 5.82 Å². The topological polar surface area (TPSA) is 88.1 Å². The minimum Gasteiger partial charge on any atom is -0.465 e. The molecule has 1 heterocycles. The van der Waals surface area contributed by atoms with Crippen LogP contribution in [0.5, 0.6) is 0 Å². The monoisotopic (exact) mass is 444 g/mol. The second kappa shape index (κ2) is 10.3. The summed E-state index contributed by atoms with van der Waals surface area (Å²) in [5, 5.41) is 12.3.